The van der Waals surface area contributed by atoms with Gasteiger partial charge in [0.1, 0.15) is 11.6 Å². The predicted molar refractivity (Wildman–Crippen MR) is 137 cm³/mol. The van der Waals surface area contributed by atoms with Crippen molar-refractivity contribution in [2.75, 3.05) is 40.3 Å². The van der Waals surface area contributed by atoms with Gasteiger partial charge in [-0.1, -0.05) is 35.9 Å². The largest absolute Gasteiger partial charge is 0.495 e. The number of benzene rings is 3. The van der Waals surface area contributed by atoms with Crippen LogP contribution < -0.4 is 24.3 Å². The maximum atomic E-state index is 13.4. The summed E-state index contributed by atoms with van der Waals surface area (Å²) in [7, 11) is 6.19. The molecule has 0 amide bonds. The van der Waals surface area contributed by atoms with Crippen LogP contribution in [0.1, 0.15) is 27.9 Å². The Hall–Kier alpha value is -3.71. The maximum absolute atomic E-state index is 13.4. The average Bonchev–Trinajstić information content (AvgIpc) is 2.87. The van der Waals surface area contributed by atoms with Crippen molar-refractivity contribution in [3.05, 3.63) is 76.1 Å². The topological polar surface area (TPSA) is 66.0 Å². The molecule has 0 aromatic heterocycles. The van der Waals surface area contributed by atoms with Crippen molar-refractivity contribution in [2.24, 2.45) is 0 Å². The summed E-state index contributed by atoms with van der Waals surface area (Å²) in [5, 5.41) is 3.70. The Morgan fingerprint density at radius 3 is 2.20 bits per heavy atom. The Balaban J connectivity index is 1.84. The van der Waals surface area contributed by atoms with Gasteiger partial charge in [-0.2, -0.15) is 0 Å². The number of anilines is 1. The molecule has 3 aromatic rings. The first-order chi connectivity index (χ1) is 16.9. The number of nitrogens with one attached hydrogen (secondary N) is 1. The fourth-order valence-electron chi connectivity index (χ4n) is 3.52. The molecule has 8 heteroatoms. The molecule has 184 valence electrons. The maximum Gasteiger partial charge on any atom is 0.203 e. The molecule has 0 spiro atoms. The molecule has 0 saturated heterocycles. The van der Waals surface area contributed by atoms with E-state index in [0.29, 0.717) is 40.1 Å². The number of carbonyl (C=O) groups excluding carboxylic acids is 1. The number of Topliss-reactive ketones (excluding diaryl/α,β-unsaturated/α-hetero) is 1. The van der Waals surface area contributed by atoms with Gasteiger partial charge < -0.3 is 24.3 Å². The van der Waals surface area contributed by atoms with Gasteiger partial charge >= 0.3 is 0 Å². The van der Waals surface area contributed by atoms with Gasteiger partial charge in [0.05, 0.1) is 33.5 Å². The van der Waals surface area contributed by atoms with E-state index in [0.717, 1.165) is 16.8 Å². The summed E-state index contributed by atoms with van der Waals surface area (Å²) in [6.07, 6.45) is 3.94. The monoisotopic (exact) mass is 499 g/mol. The first-order valence-corrected chi connectivity index (χ1v) is 11.2. The van der Waals surface area contributed by atoms with Crippen molar-refractivity contribution in [1.29, 1.82) is 0 Å². The number of carbonyl (C=O) groups is 1. The Bertz CT molecular complexity index is 1200. The second-order valence-electron chi connectivity index (χ2n) is 7.48. The minimum absolute atomic E-state index is 0.160. The molecule has 0 saturated carbocycles. The van der Waals surface area contributed by atoms with Gasteiger partial charge in [0.15, 0.2) is 17.3 Å². The fourth-order valence-corrected chi connectivity index (χ4v) is 3.77. The van der Waals surface area contributed by atoms with Crippen LogP contribution in [0.15, 0.2) is 48.5 Å². The smallest absolute Gasteiger partial charge is 0.203 e. The third-order valence-electron chi connectivity index (χ3n) is 5.28. The van der Waals surface area contributed by atoms with E-state index in [9.17, 15) is 9.18 Å². The molecule has 0 aliphatic carbocycles. The number of hydrogen-bond donors (Lipinski definition) is 1. The van der Waals surface area contributed by atoms with Gasteiger partial charge in [0.2, 0.25) is 5.75 Å². The van der Waals surface area contributed by atoms with Crippen LogP contribution in [0.3, 0.4) is 0 Å². The van der Waals surface area contributed by atoms with Gasteiger partial charge in [-0.15, -0.1) is 0 Å². The SMILES string of the molecule is COc1cc(NCCC(=O)c2cccc(F)c2)c(/C=C\c2cc(OC)c(OC)c(OC)c2)cc1Cl. The lowest BCUT2D eigenvalue weighted by atomic mass is 10.1. The van der Waals surface area contributed by atoms with Gasteiger partial charge in [-0.25, -0.2) is 4.39 Å². The van der Waals surface area contributed by atoms with Crippen LogP contribution >= 0.6 is 11.6 Å². The molecule has 1 N–H and O–H groups in total. The van der Waals surface area contributed by atoms with Crippen LogP contribution in [-0.4, -0.2) is 40.8 Å². The molecule has 0 fully saturated rings. The lowest BCUT2D eigenvalue weighted by molar-refractivity contribution is 0.0986. The Labute approximate surface area is 209 Å². The van der Waals surface area contributed by atoms with Crippen LogP contribution in [0.25, 0.3) is 12.2 Å². The van der Waals surface area contributed by atoms with Crippen LogP contribution in [0.5, 0.6) is 23.0 Å². The van der Waals surface area contributed by atoms with Crippen molar-refractivity contribution in [3.63, 3.8) is 0 Å². The van der Waals surface area contributed by atoms with E-state index < -0.39 is 5.82 Å². The highest BCUT2D eigenvalue weighted by molar-refractivity contribution is 6.32. The first-order valence-electron chi connectivity index (χ1n) is 10.8. The van der Waals surface area contributed by atoms with E-state index in [1.165, 1.54) is 25.3 Å². The highest BCUT2D eigenvalue weighted by Crippen LogP contribution is 2.39. The highest BCUT2D eigenvalue weighted by atomic mass is 35.5. The number of ether oxygens (including phenoxy) is 4. The summed E-state index contributed by atoms with van der Waals surface area (Å²) in [6.45, 7) is 0.338. The number of ketones is 1. The van der Waals surface area contributed by atoms with Crippen LogP contribution in [0.4, 0.5) is 10.1 Å². The summed E-state index contributed by atoms with van der Waals surface area (Å²) >= 11 is 6.36. The number of hydrogen-bond acceptors (Lipinski definition) is 6. The van der Waals surface area contributed by atoms with Gasteiger partial charge in [0, 0.05) is 30.3 Å². The molecule has 0 atom stereocenters. The van der Waals surface area contributed by atoms with Crippen LogP contribution in [0, 0.1) is 5.82 Å². The standard InChI is InChI=1S/C27H27ClFNO5/c1-32-24-16-22(30-11-10-23(31)19-6-5-7-20(29)14-19)18(15-21(24)28)9-8-17-12-25(33-2)27(35-4)26(13-17)34-3/h5-9,12-16,30H,10-11H2,1-4H3/b9-8-. The molecular formula is C27H27ClFNO5. The molecule has 0 bridgehead atoms. The minimum atomic E-state index is -0.439. The van der Waals surface area contributed by atoms with E-state index in [2.05, 4.69) is 5.32 Å². The minimum Gasteiger partial charge on any atom is -0.495 e. The molecule has 35 heavy (non-hydrogen) atoms. The van der Waals surface area contributed by atoms with Crippen molar-refractivity contribution in [1.82, 2.24) is 0 Å². The van der Waals surface area contributed by atoms with Gasteiger partial charge in [-0.05, 0) is 41.5 Å². The zero-order valence-corrected chi connectivity index (χ0v) is 20.7. The average molecular weight is 500 g/mol. The third-order valence-corrected chi connectivity index (χ3v) is 5.58. The zero-order chi connectivity index (χ0) is 25.4. The second-order valence-corrected chi connectivity index (χ2v) is 7.88. The predicted octanol–water partition coefficient (Wildman–Crippen LogP) is 6.37. The van der Waals surface area contributed by atoms with E-state index in [1.807, 2.05) is 24.3 Å². The molecule has 6 nitrogen and oxygen atoms in total. The Kier molecular flexibility index (Phi) is 8.98. The van der Waals surface area contributed by atoms with Gasteiger partial charge in [0.25, 0.3) is 0 Å². The fraction of sp³-hybridized carbons (Fsp3) is 0.222. The molecule has 0 unspecified atom stereocenters. The Morgan fingerprint density at radius 1 is 0.914 bits per heavy atom. The summed E-state index contributed by atoms with van der Waals surface area (Å²) in [4.78, 5) is 12.4. The third kappa shape index (κ3) is 6.45. The number of rotatable bonds is 11. The molecule has 0 radical (unpaired) electrons. The van der Waals surface area contributed by atoms with Crippen molar-refractivity contribution in [3.8, 4) is 23.0 Å². The normalized spacial score (nSPS) is 10.8. The molecule has 0 heterocycles. The summed E-state index contributed by atoms with van der Waals surface area (Å²) in [6, 6.07) is 12.9. The highest BCUT2D eigenvalue weighted by Gasteiger charge is 2.13. The summed E-state index contributed by atoms with van der Waals surface area (Å²) in [5.74, 6) is 1.47. The number of methoxy groups -OCH3 is 4. The molecule has 3 aromatic carbocycles. The molecule has 3 rings (SSSR count). The van der Waals surface area contributed by atoms with Crippen LogP contribution in [0.2, 0.25) is 5.02 Å². The Morgan fingerprint density at radius 2 is 1.60 bits per heavy atom. The lowest BCUT2D eigenvalue weighted by Gasteiger charge is -2.14. The summed E-state index contributed by atoms with van der Waals surface area (Å²) < 4.78 is 35.0. The zero-order valence-electron chi connectivity index (χ0n) is 20.0. The van der Waals surface area contributed by atoms with Crippen molar-refractivity contribution in [2.45, 2.75) is 6.42 Å². The van der Waals surface area contributed by atoms with E-state index in [1.54, 1.807) is 39.5 Å². The summed E-state index contributed by atoms with van der Waals surface area (Å²) in [5.41, 5.74) is 2.66. The van der Waals surface area contributed by atoms with Crippen molar-refractivity contribution >= 4 is 35.2 Å². The van der Waals surface area contributed by atoms with Crippen molar-refractivity contribution < 1.29 is 28.1 Å². The lowest BCUT2D eigenvalue weighted by Crippen LogP contribution is -2.10. The molecular weight excluding hydrogens is 473 g/mol. The van der Waals surface area contributed by atoms with E-state index in [-0.39, 0.29) is 12.2 Å². The van der Waals surface area contributed by atoms with E-state index >= 15 is 0 Å². The first kappa shape index (κ1) is 25.9. The second kappa shape index (κ2) is 12.1. The van der Waals surface area contributed by atoms with E-state index in [4.69, 9.17) is 30.5 Å². The molecule has 0 aliphatic rings. The van der Waals surface area contributed by atoms with Crippen LogP contribution in [-0.2, 0) is 0 Å². The quantitative estimate of drug-likeness (QED) is 0.244. The molecule has 0 aliphatic heterocycles. The van der Waals surface area contributed by atoms with Gasteiger partial charge in [-0.3, -0.25) is 4.79 Å². The number of halogens is 2.